The number of nitrogens with zero attached hydrogens (tertiary/aromatic N) is 4. The van der Waals surface area contributed by atoms with Crippen LogP contribution < -0.4 is 0 Å². The minimum atomic E-state index is -0.0681. The van der Waals surface area contributed by atoms with Crippen molar-refractivity contribution in [3.05, 3.63) is 169 Å². The third kappa shape index (κ3) is 5.86. The Hall–Kier alpha value is -5.74. The van der Waals surface area contributed by atoms with Crippen LogP contribution in [-0.4, -0.2) is 35.6 Å². The molecule has 0 unspecified atom stereocenters. The van der Waals surface area contributed by atoms with Crippen LogP contribution in [0.15, 0.2) is 169 Å². The van der Waals surface area contributed by atoms with Crippen molar-refractivity contribution in [1.29, 1.82) is 0 Å². The summed E-state index contributed by atoms with van der Waals surface area (Å²) in [4.78, 5) is 19.3. The predicted molar refractivity (Wildman–Crippen MR) is 195 cm³/mol. The SMILES string of the molecule is [2H]c1cc2c(-c3nc(-c4ccccc4)nc(-c4ccccc4)n3)c([2H])c([2H])cc2c(-c2ccc3ccc(N=C([Se])c4ccccc4)cc3c2)c1[2H]. The van der Waals surface area contributed by atoms with Crippen LogP contribution in [0.1, 0.15) is 11.0 Å². The van der Waals surface area contributed by atoms with Crippen molar-refractivity contribution in [3.8, 4) is 45.3 Å². The Morgan fingerprint density at radius 3 is 1.72 bits per heavy atom. The molecule has 1 radical (unpaired) electrons. The van der Waals surface area contributed by atoms with Crippen LogP contribution in [0.5, 0.6) is 0 Å². The maximum atomic E-state index is 9.10. The molecule has 0 fully saturated rings. The van der Waals surface area contributed by atoms with Crippen molar-refractivity contribution in [2.24, 2.45) is 4.99 Å². The van der Waals surface area contributed by atoms with Crippen molar-refractivity contribution in [2.45, 2.75) is 0 Å². The molecule has 0 spiro atoms. The Labute approximate surface area is 287 Å². The first-order valence-corrected chi connectivity index (χ1v) is 16.0. The van der Waals surface area contributed by atoms with E-state index in [0.717, 1.165) is 37.8 Å². The molecule has 0 saturated carbocycles. The molecule has 1 heterocycles. The molecule has 1 aromatic heterocycles. The van der Waals surface area contributed by atoms with E-state index in [0.29, 0.717) is 39.1 Å². The van der Waals surface area contributed by atoms with Gasteiger partial charge in [0.15, 0.2) is 11.6 Å². The third-order valence-corrected chi connectivity index (χ3v) is 8.63. The van der Waals surface area contributed by atoms with Crippen LogP contribution in [0.25, 0.3) is 66.8 Å². The van der Waals surface area contributed by atoms with Gasteiger partial charge in [-0.25, -0.2) is 15.0 Å². The van der Waals surface area contributed by atoms with Gasteiger partial charge in [0, 0.05) is 11.1 Å². The van der Waals surface area contributed by atoms with Gasteiger partial charge >= 0.3 is 188 Å². The zero-order valence-corrected chi connectivity index (χ0v) is 26.7. The molecule has 8 aromatic rings. The van der Waals surface area contributed by atoms with E-state index in [2.05, 4.69) is 16.0 Å². The molecule has 5 heteroatoms. The van der Waals surface area contributed by atoms with Crippen LogP contribution >= 0.6 is 0 Å². The first-order chi connectivity index (χ1) is 24.8. The first-order valence-electron chi connectivity index (χ1n) is 17.1. The quantitative estimate of drug-likeness (QED) is 0.131. The molecule has 221 valence electrons. The minimum absolute atomic E-state index is 0.0102. The van der Waals surface area contributed by atoms with Crippen LogP contribution in [-0.2, 0) is 0 Å². The monoisotopic (exact) mass is 671 g/mol. The second-order valence-corrected chi connectivity index (χ2v) is 11.8. The number of rotatable bonds is 6. The number of hydrogen-bond donors (Lipinski definition) is 0. The molecule has 0 N–H and O–H groups in total. The maximum absolute atomic E-state index is 9.10. The van der Waals surface area contributed by atoms with E-state index in [9.17, 15) is 0 Å². The molecule has 0 bridgehead atoms. The molecule has 7 aromatic carbocycles. The zero-order chi connectivity index (χ0) is 35.1. The van der Waals surface area contributed by atoms with Gasteiger partial charge < -0.3 is 0 Å². The molecule has 4 nitrogen and oxygen atoms in total. The summed E-state index contributed by atoms with van der Waals surface area (Å²) in [5.41, 5.74) is 4.85. The molecule has 0 aliphatic heterocycles. The molecular weight excluding hydrogens is 639 g/mol. The van der Waals surface area contributed by atoms with Crippen molar-refractivity contribution < 1.29 is 5.48 Å². The Bertz CT molecular complexity index is 2580. The van der Waals surface area contributed by atoms with E-state index < -0.39 is 0 Å². The average Bonchev–Trinajstić information content (AvgIpc) is 3.17. The van der Waals surface area contributed by atoms with E-state index in [1.165, 1.54) is 0 Å². The molecule has 8 rings (SSSR count). The molecule has 0 atom stereocenters. The van der Waals surface area contributed by atoms with E-state index in [4.69, 9.17) is 25.4 Å². The fourth-order valence-electron chi connectivity index (χ4n) is 5.61. The summed E-state index contributed by atoms with van der Waals surface area (Å²) in [5, 5.41) is 3.00. The van der Waals surface area contributed by atoms with E-state index in [1.54, 1.807) is 12.1 Å². The number of hydrogen-bond acceptors (Lipinski definition) is 4. The predicted octanol–water partition coefficient (Wildman–Crippen LogP) is 10.1. The van der Waals surface area contributed by atoms with Crippen molar-refractivity contribution in [1.82, 2.24) is 15.0 Å². The normalized spacial score (nSPS) is 12.8. The summed E-state index contributed by atoms with van der Waals surface area (Å²) in [7, 11) is 0. The molecule has 0 aliphatic rings. The van der Waals surface area contributed by atoms with Gasteiger partial charge in [0.05, 0.1) is 1.37 Å². The standard InChI is InChI=1S/C42H27N4Se/c47-42(31-16-8-3-9-17-31)43-34-25-24-28-22-23-32(26-33(28)27-34)35-18-10-20-37-36(35)19-11-21-38(37)41-45-39(29-12-4-1-5-13-29)44-40(46-41)30-14-6-2-7-15-30/h1-27H/i10D,11D,18D,21D. The Balaban J connectivity index is 1.33. The van der Waals surface area contributed by atoms with Gasteiger partial charge in [-0.3, -0.25) is 0 Å². The van der Waals surface area contributed by atoms with Crippen LogP contribution in [0, 0.1) is 0 Å². The fraction of sp³-hybridized carbons (Fsp3) is 0. The summed E-state index contributed by atoms with van der Waals surface area (Å²) >= 11 is 3.07. The topological polar surface area (TPSA) is 51.0 Å². The second kappa shape index (κ2) is 12.6. The van der Waals surface area contributed by atoms with Gasteiger partial charge in [0.2, 0.25) is 0 Å². The molecule has 0 saturated heterocycles. The molecular formula is C42H27N4Se. The van der Waals surface area contributed by atoms with Gasteiger partial charge in [0.1, 0.15) is 0 Å². The van der Waals surface area contributed by atoms with Gasteiger partial charge in [-0.2, -0.15) is 0 Å². The Morgan fingerprint density at radius 2 is 1.06 bits per heavy atom. The van der Waals surface area contributed by atoms with Crippen LogP contribution in [0.4, 0.5) is 5.69 Å². The Kier molecular flexibility index (Phi) is 6.55. The summed E-state index contributed by atoms with van der Waals surface area (Å²) in [6, 6.07) is 44.0. The van der Waals surface area contributed by atoms with Gasteiger partial charge in [0.25, 0.3) is 0 Å². The number of fused-ring (bicyclic) bond motifs is 2. The van der Waals surface area contributed by atoms with Crippen LogP contribution in [0.2, 0.25) is 0 Å². The molecule has 0 amide bonds. The average molecular weight is 671 g/mol. The van der Waals surface area contributed by atoms with E-state index in [-0.39, 0.29) is 30.0 Å². The Morgan fingerprint density at radius 1 is 0.511 bits per heavy atom. The summed E-state index contributed by atoms with van der Waals surface area (Å²) in [5.74, 6) is 1.08. The van der Waals surface area contributed by atoms with E-state index >= 15 is 0 Å². The summed E-state index contributed by atoms with van der Waals surface area (Å²) in [6.45, 7) is 0. The molecule has 47 heavy (non-hydrogen) atoms. The van der Waals surface area contributed by atoms with Gasteiger partial charge in [-0.15, -0.1) is 0 Å². The zero-order valence-electron chi connectivity index (χ0n) is 29.0. The fourth-order valence-corrected chi connectivity index (χ4v) is 6.12. The van der Waals surface area contributed by atoms with Gasteiger partial charge in [-0.1, -0.05) is 60.7 Å². The summed E-state index contributed by atoms with van der Waals surface area (Å²) < 4.78 is 36.8. The van der Waals surface area contributed by atoms with Crippen LogP contribution in [0.3, 0.4) is 0 Å². The molecule has 0 aliphatic carbocycles. The summed E-state index contributed by atoms with van der Waals surface area (Å²) in [6.07, 6.45) is 0. The van der Waals surface area contributed by atoms with Crippen molar-refractivity contribution >= 4 is 47.9 Å². The number of aliphatic imine (C=N–C) groups is 1. The first kappa shape index (κ1) is 24.5. The second-order valence-electron chi connectivity index (χ2n) is 11.0. The van der Waals surface area contributed by atoms with Gasteiger partial charge in [-0.05, 0) is 0 Å². The number of benzene rings is 7. The van der Waals surface area contributed by atoms with Crippen molar-refractivity contribution in [3.63, 3.8) is 0 Å². The van der Waals surface area contributed by atoms with Crippen molar-refractivity contribution in [2.75, 3.05) is 0 Å². The van der Waals surface area contributed by atoms with E-state index in [1.807, 2.05) is 127 Å². The number of aromatic nitrogens is 3. The third-order valence-electron chi connectivity index (χ3n) is 7.94.